The van der Waals surface area contributed by atoms with Crippen molar-refractivity contribution in [3.63, 3.8) is 0 Å². The first-order valence-electron chi connectivity index (χ1n) is 5.46. The summed E-state index contributed by atoms with van der Waals surface area (Å²) in [5.41, 5.74) is -1.41. The molecule has 1 aromatic carbocycles. The SMILES string of the molecule is O=C(O)c1sc(COc2ccc(Cl)cc2)nc1C(F)(F)F. The van der Waals surface area contributed by atoms with E-state index >= 15 is 0 Å². The van der Waals surface area contributed by atoms with E-state index in [2.05, 4.69) is 4.98 Å². The van der Waals surface area contributed by atoms with Gasteiger partial charge in [-0.15, -0.1) is 11.3 Å². The highest BCUT2D eigenvalue weighted by Gasteiger charge is 2.39. The van der Waals surface area contributed by atoms with Gasteiger partial charge in [0.15, 0.2) is 5.69 Å². The molecule has 0 aliphatic carbocycles. The van der Waals surface area contributed by atoms with Gasteiger partial charge < -0.3 is 9.84 Å². The highest BCUT2D eigenvalue weighted by Crippen LogP contribution is 2.34. The molecule has 1 heterocycles. The number of carboxylic acids is 1. The largest absolute Gasteiger partial charge is 0.486 e. The zero-order valence-corrected chi connectivity index (χ0v) is 11.7. The van der Waals surface area contributed by atoms with Gasteiger partial charge in [-0.25, -0.2) is 9.78 Å². The molecule has 4 nitrogen and oxygen atoms in total. The summed E-state index contributed by atoms with van der Waals surface area (Å²) in [5.74, 6) is -1.28. The van der Waals surface area contributed by atoms with Crippen molar-refractivity contribution in [2.45, 2.75) is 12.8 Å². The van der Waals surface area contributed by atoms with Crippen LogP contribution in [0.1, 0.15) is 20.4 Å². The van der Waals surface area contributed by atoms with Crippen LogP contribution in [0.15, 0.2) is 24.3 Å². The number of aromatic nitrogens is 1. The lowest BCUT2D eigenvalue weighted by atomic mass is 10.3. The molecule has 0 saturated heterocycles. The molecule has 0 aliphatic rings. The number of hydrogen-bond acceptors (Lipinski definition) is 4. The number of ether oxygens (including phenoxy) is 1. The summed E-state index contributed by atoms with van der Waals surface area (Å²) in [7, 11) is 0. The molecule has 2 aromatic rings. The topological polar surface area (TPSA) is 59.4 Å². The van der Waals surface area contributed by atoms with E-state index in [1.54, 1.807) is 24.3 Å². The van der Waals surface area contributed by atoms with Gasteiger partial charge in [0, 0.05) is 5.02 Å². The average molecular weight is 338 g/mol. The van der Waals surface area contributed by atoms with Crippen LogP contribution in [0.2, 0.25) is 5.02 Å². The molecule has 0 radical (unpaired) electrons. The third-order valence-electron chi connectivity index (χ3n) is 2.31. The summed E-state index contributed by atoms with van der Waals surface area (Å²) >= 11 is 6.12. The average Bonchev–Trinajstić information content (AvgIpc) is 2.82. The van der Waals surface area contributed by atoms with Crippen LogP contribution in [0.3, 0.4) is 0 Å². The Morgan fingerprint density at radius 2 is 1.95 bits per heavy atom. The normalized spacial score (nSPS) is 11.4. The molecule has 0 amide bonds. The van der Waals surface area contributed by atoms with Gasteiger partial charge in [-0.3, -0.25) is 0 Å². The highest BCUT2D eigenvalue weighted by atomic mass is 35.5. The molecule has 1 aromatic heterocycles. The number of halogens is 4. The van der Waals surface area contributed by atoms with Gasteiger partial charge >= 0.3 is 12.1 Å². The zero-order valence-electron chi connectivity index (χ0n) is 10.1. The minimum Gasteiger partial charge on any atom is -0.486 e. The molecule has 2 rings (SSSR count). The monoisotopic (exact) mass is 337 g/mol. The van der Waals surface area contributed by atoms with Crippen LogP contribution in [0.5, 0.6) is 5.75 Å². The minimum absolute atomic E-state index is 0.0744. The van der Waals surface area contributed by atoms with E-state index in [-0.39, 0.29) is 11.6 Å². The first-order valence-corrected chi connectivity index (χ1v) is 6.65. The number of alkyl halides is 3. The number of aromatic carboxylic acids is 1. The van der Waals surface area contributed by atoms with E-state index in [9.17, 15) is 18.0 Å². The van der Waals surface area contributed by atoms with Gasteiger partial charge in [-0.1, -0.05) is 11.6 Å². The van der Waals surface area contributed by atoms with Crippen molar-refractivity contribution in [3.05, 3.63) is 44.9 Å². The number of carboxylic acid groups (broad SMARTS) is 1. The van der Waals surface area contributed by atoms with Crippen molar-refractivity contribution in [3.8, 4) is 5.75 Å². The molecule has 21 heavy (non-hydrogen) atoms. The van der Waals surface area contributed by atoms with Crippen molar-refractivity contribution >= 4 is 28.9 Å². The molecule has 0 aliphatic heterocycles. The number of hydrogen-bond donors (Lipinski definition) is 1. The van der Waals surface area contributed by atoms with E-state index in [0.717, 1.165) is 0 Å². The second kappa shape index (κ2) is 5.90. The van der Waals surface area contributed by atoms with E-state index < -0.39 is 22.7 Å². The van der Waals surface area contributed by atoms with Crippen molar-refractivity contribution in [2.24, 2.45) is 0 Å². The van der Waals surface area contributed by atoms with Crippen molar-refractivity contribution < 1.29 is 27.8 Å². The molecular weight excluding hydrogens is 331 g/mol. The van der Waals surface area contributed by atoms with Gasteiger partial charge in [-0.05, 0) is 24.3 Å². The lowest BCUT2D eigenvalue weighted by Crippen LogP contribution is -2.11. The molecule has 0 saturated carbocycles. The predicted molar refractivity (Wildman–Crippen MR) is 69.9 cm³/mol. The molecule has 9 heteroatoms. The molecule has 0 spiro atoms. The van der Waals surface area contributed by atoms with Crippen LogP contribution in [0, 0.1) is 0 Å². The molecule has 0 unspecified atom stereocenters. The number of nitrogens with zero attached hydrogens (tertiary/aromatic N) is 1. The summed E-state index contributed by atoms with van der Waals surface area (Å²) in [6.45, 7) is -0.261. The fraction of sp³-hybridized carbons (Fsp3) is 0.167. The molecule has 0 atom stereocenters. The Balaban J connectivity index is 2.17. The molecule has 0 fully saturated rings. The Kier molecular flexibility index (Phi) is 4.38. The first-order chi connectivity index (χ1) is 9.77. The predicted octanol–water partition coefficient (Wildman–Crippen LogP) is 4.09. The van der Waals surface area contributed by atoms with Crippen LogP contribution in [0.25, 0.3) is 0 Å². The Hall–Kier alpha value is -1.80. The summed E-state index contributed by atoms with van der Waals surface area (Å²) in [6, 6.07) is 6.20. The van der Waals surface area contributed by atoms with E-state index in [1.165, 1.54) is 0 Å². The van der Waals surface area contributed by atoms with Crippen LogP contribution in [-0.4, -0.2) is 16.1 Å². The molecule has 0 bridgehead atoms. The Bertz CT molecular complexity index is 655. The molecular formula is C12H7ClF3NO3S. The number of benzene rings is 1. The van der Waals surface area contributed by atoms with Gasteiger partial charge in [0.05, 0.1) is 0 Å². The Morgan fingerprint density at radius 3 is 2.43 bits per heavy atom. The lowest BCUT2D eigenvalue weighted by molar-refractivity contribution is -0.141. The summed E-state index contributed by atoms with van der Waals surface area (Å²) in [6.07, 6.45) is -4.82. The van der Waals surface area contributed by atoms with Gasteiger partial charge in [0.25, 0.3) is 0 Å². The standard InChI is InChI=1S/C12H7ClF3NO3S/c13-6-1-3-7(4-2-6)20-5-8-17-10(12(14,15)16)9(21-8)11(18)19/h1-4H,5H2,(H,18,19). The number of carbonyl (C=O) groups is 1. The van der Waals surface area contributed by atoms with E-state index in [4.69, 9.17) is 21.4 Å². The molecule has 1 N–H and O–H groups in total. The van der Waals surface area contributed by atoms with Crippen molar-refractivity contribution in [2.75, 3.05) is 0 Å². The Morgan fingerprint density at radius 1 is 1.33 bits per heavy atom. The fourth-order valence-corrected chi connectivity index (χ4v) is 2.40. The second-order valence-corrected chi connectivity index (χ2v) is 5.35. The maximum absolute atomic E-state index is 12.7. The second-order valence-electron chi connectivity index (χ2n) is 3.83. The van der Waals surface area contributed by atoms with Crippen LogP contribution < -0.4 is 4.74 Å². The highest BCUT2D eigenvalue weighted by molar-refractivity contribution is 7.13. The van der Waals surface area contributed by atoms with Crippen LogP contribution in [0.4, 0.5) is 13.2 Å². The maximum atomic E-state index is 12.7. The summed E-state index contributed by atoms with van der Waals surface area (Å²) in [5, 5.41) is 9.19. The maximum Gasteiger partial charge on any atom is 0.435 e. The van der Waals surface area contributed by atoms with Gasteiger partial charge in [0.1, 0.15) is 22.2 Å². The quantitative estimate of drug-likeness (QED) is 0.912. The smallest absolute Gasteiger partial charge is 0.435 e. The van der Waals surface area contributed by atoms with Crippen molar-refractivity contribution in [1.29, 1.82) is 0 Å². The molecule has 112 valence electrons. The number of rotatable bonds is 4. The van der Waals surface area contributed by atoms with Crippen molar-refractivity contribution in [1.82, 2.24) is 4.98 Å². The summed E-state index contributed by atoms with van der Waals surface area (Å²) in [4.78, 5) is 13.3. The van der Waals surface area contributed by atoms with Gasteiger partial charge in [-0.2, -0.15) is 13.2 Å². The minimum atomic E-state index is -4.82. The summed E-state index contributed by atoms with van der Waals surface area (Å²) < 4.78 is 43.2. The zero-order chi connectivity index (χ0) is 15.6. The van der Waals surface area contributed by atoms with E-state index in [0.29, 0.717) is 22.1 Å². The Labute approximate surface area is 125 Å². The third kappa shape index (κ3) is 3.85. The lowest BCUT2D eigenvalue weighted by Gasteiger charge is -2.04. The fourth-order valence-electron chi connectivity index (χ4n) is 1.44. The first kappa shape index (κ1) is 15.6. The van der Waals surface area contributed by atoms with Gasteiger partial charge in [0.2, 0.25) is 0 Å². The van der Waals surface area contributed by atoms with Crippen LogP contribution >= 0.6 is 22.9 Å². The van der Waals surface area contributed by atoms with Crippen LogP contribution in [-0.2, 0) is 12.8 Å². The van der Waals surface area contributed by atoms with E-state index in [1.807, 2.05) is 0 Å². The number of thiazole rings is 1. The third-order valence-corrected chi connectivity index (χ3v) is 3.58.